The van der Waals surface area contributed by atoms with Gasteiger partial charge >= 0.3 is 5.97 Å². The van der Waals surface area contributed by atoms with Gasteiger partial charge in [0.25, 0.3) is 0 Å². The van der Waals surface area contributed by atoms with Gasteiger partial charge in [-0.3, -0.25) is 4.79 Å². The van der Waals surface area contributed by atoms with E-state index >= 15 is 0 Å². The second kappa shape index (κ2) is 11.7. The summed E-state index contributed by atoms with van der Waals surface area (Å²) in [6, 6.07) is 23.7. The van der Waals surface area contributed by atoms with E-state index in [1.165, 1.54) is 18.1 Å². The lowest BCUT2D eigenvalue weighted by Gasteiger charge is -2.08. The summed E-state index contributed by atoms with van der Waals surface area (Å²) in [4.78, 5) is 32.4. The molecule has 0 aromatic heterocycles. The summed E-state index contributed by atoms with van der Waals surface area (Å²) >= 11 is 3.28. The fourth-order valence-corrected chi connectivity index (χ4v) is 4.65. The number of carbonyl (C=O) groups excluding carboxylic acids is 2. The molecule has 0 unspecified atom stereocenters. The topological polar surface area (TPSA) is 55.7 Å². The number of thioether (sulfide) groups is 1. The van der Waals surface area contributed by atoms with Gasteiger partial charge in [0.15, 0.2) is 0 Å². The van der Waals surface area contributed by atoms with Crippen LogP contribution < -0.4 is 0 Å². The second-order valence-corrected chi connectivity index (χ2v) is 9.55. The van der Waals surface area contributed by atoms with Crippen molar-refractivity contribution in [1.29, 1.82) is 0 Å². The molecule has 0 saturated heterocycles. The molecule has 0 amide bonds. The Kier molecular flexibility index (Phi) is 8.71. The first-order chi connectivity index (χ1) is 15.4. The molecule has 6 heteroatoms. The number of hydrogen-bond donors (Lipinski definition) is 0. The lowest BCUT2D eigenvalue weighted by Crippen LogP contribution is -2.16. The first-order valence-corrected chi connectivity index (χ1v) is 12.0. The molecule has 0 spiro atoms. The average Bonchev–Trinajstić information content (AvgIpc) is 2.79. The molecule has 3 aromatic rings. The minimum Gasteiger partial charge on any atom is -0.318 e. The first-order valence-electron chi connectivity index (χ1n) is 10.2. The maximum atomic E-state index is 13.0. The summed E-state index contributed by atoms with van der Waals surface area (Å²) in [5.74, 6) is -0.133. The molecule has 0 heterocycles. The van der Waals surface area contributed by atoms with Gasteiger partial charge in [0.05, 0.1) is 0 Å². The summed E-state index contributed by atoms with van der Waals surface area (Å²) in [7, 11) is 0. The number of aryl methyl sites for hydroxylation is 2. The normalized spacial score (nSPS) is 11.3. The van der Waals surface area contributed by atoms with Crippen LogP contribution in [0.3, 0.4) is 0 Å². The average molecular weight is 464 g/mol. The van der Waals surface area contributed by atoms with Gasteiger partial charge in [0.1, 0.15) is 5.71 Å². The van der Waals surface area contributed by atoms with Crippen LogP contribution in [0.2, 0.25) is 0 Å². The number of hydrogen-bond acceptors (Lipinski definition) is 6. The highest BCUT2D eigenvalue weighted by molar-refractivity contribution is 7.99. The van der Waals surface area contributed by atoms with Crippen molar-refractivity contribution in [3.05, 3.63) is 89.5 Å². The number of oxime groups is 1. The van der Waals surface area contributed by atoms with Gasteiger partial charge in [-0.2, -0.15) is 0 Å². The fraction of sp³-hybridized carbons (Fsp3) is 0.192. The highest BCUT2D eigenvalue weighted by atomic mass is 32.2. The van der Waals surface area contributed by atoms with Gasteiger partial charge in [-0.05, 0) is 73.5 Å². The van der Waals surface area contributed by atoms with Crippen LogP contribution in [0, 0.1) is 13.8 Å². The van der Waals surface area contributed by atoms with E-state index < -0.39 is 5.97 Å². The minimum atomic E-state index is -0.549. The van der Waals surface area contributed by atoms with Crippen molar-refractivity contribution >= 4 is 41.0 Å². The SMILES string of the molecule is CC(=O)O/N=C(\CCSc1ccc(C)c(C)c1)C(=O)c1ccc(Sc2ccccc2)cc1. The molecule has 0 fully saturated rings. The zero-order valence-electron chi connectivity index (χ0n) is 18.3. The van der Waals surface area contributed by atoms with Crippen LogP contribution in [-0.2, 0) is 9.63 Å². The summed E-state index contributed by atoms with van der Waals surface area (Å²) in [6.07, 6.45) is 0.393. The number of carbonyl (C=O) groups is 2. The van der Waals surface area contributed by atoms with E-state index in [1.807, 2.05) is 42.5 Å². The lowest BCUT2D eigenvalue weighted by atomic mass is 10.1. The van der Waals surface area contributed by atoms with Crippen LogP contribution in [-0.4, -0.2) is 23.2 Å². The van der Waals surface area contributed by atoms with Crippen molar-refractivity contribution in [2.24, 2.45) is 5.16 Å². The van der Waals surface area contributed by atoms with Crippen molar-refractivity contribution in [3.63, 3.8) is 0 Å². The van der Waals surface area contributed by atoms with E-state index in [-0.39, 0.29) is 11.5 Å². The Morgan fingerprint density at radius 3 is 2.16 bits per heavy atom. The van der Waals surface area contributed by atoms with Crippen LogP contribution >= 0.6 is 23.5 Å². The largest absolute Gasteiger partial charge is 0.331 e. The number of nitrogens with zero attached hydrogens (tertiary/aromatic N) is 1. The monoisotopic (exact) mass is 463 g/mol. The van der Waals surface area contributed by atoms with E-state index in [2.05, 4.69) is 37.2 Å². The van der Waals surface area contributed by atoms with E-state index in [9.17, 15) is 9.59 Å². The third kappa shape index (κ3) is 7.11. The molecule has 0 saturated carbocycles. The first kappa shape index (κ1) is 23.8. The molecule has 164 valence electrons. The van der Waals surface area contributed by atoms with E-state index in [4.69, 9.17) is 4.84 Å². The molecule has 3 aromatic carbocycles. The number of benzene rings is 3. The predicted octanol–water partition coefficient (Wildman–Crippen LogP) is 6.74. The molecule has 4 nitrogen and oxygen atoms in total. The minimum absolute atomic E-state index is 0.233. The van der Waals surface area contributed by atoms with Crippen molar-refractivity contribution in [3.8, 4) is 0 Å². The standard InChI is InChI=1S/C26H25NO3S2/c1-18-9-12-24(17-19(18)2)31-16-15-25(27-30-20(3)28)26(29)21-10-13-23(14-11-21)32-22-7-5-4-6-8-22/h4-14,17H,15-16H2,1-3H3/b27-25+. The van der Waals surface area contributed by atoms with Gasteiger partial charge in [0.2, 0.25) is 5.78 Å². The molecule has 0 aliphatic carbocycles. The number of Topliss-reactive ketones (excluding diaryl/α,β-unsaturated/α-hetero) is 1. The Balaban J connectivity index is 1.67. The zero-order chi connectivity index (χ0) is 22.9. The Morgan fingerprint density at radius 1 is 0.844 bits per heavy atom. The Bertz CT molecular complexity index is 1110. The molecule has 0 radical (unpaired) electrons. The quantitative estimate of drug-likeness (QED) is 0.116. The second-order valence-electron chi connectivity index (χ2n) is 7.23. The molecular formula is C26H25NO3S2. The molecule has 0 aliphatic heterocycles. The van der Waals surface area contributed by atoms with Gasteiger partial charge in [-0.15, -0.1) is 11.8 Å². The van der Waals surface area contributed by atoms with Crippen LogP contribution in [0.15, 0.2) is 92.6 Å². The van der Waals surface area contributed by atoms with E-state index in [0.717, 1.165) is 14.7 Å². The van der Waals surface area contributed by atoms with Crippen LogP contribution in [0.1, 0.15) is 34.8 Å². The molecule has 32 heavy (non-hydrogen) atoms. The third-order valence-electron chi connectivity index (χ3n) is 4.73. The van der Waals surface area contributed by atoms with Crippen molar-refractivity contribution in [1.82, 2.24) is 0 Å². The summed E-state index contributed by atoms with van der Waals surface area (Å²) in [5, 5.41) is 3.85. The highest BCUT2D eigenvalue weighted by Gasteiger charge is 2.16. The van der Waals surface area contributed by atoms with Crippen LogP contribution in [0.4, 0.5) is 0 Å². The van der Waals surface area contributed by atoms with Crippen molar-refractivity contribution in [2.75, 3.05) is 5.75 Å². The highest BCUT2D eigenvalue weighted by Crippen LogP contribution is 2.28. The summed E-state index contributed by atoms with van der Waals surface area (Å²) in [6.45, 7) is 5.43. The maximum absolute atomic E-state index is 13.0. The fourth-order valence-electron chi connectivity index (χ4n) is 2.85. The molecule has 0 atom stereocenters. The summed E-state index contributed by atoms with van der Waals surface area (Å²) in [5.41, 5.74) is 3.23. The zero-order valence-corrected chi connectivity index (χ0v) is 20.0. The van der Waals surface area contributed by atoms with Crippen molar-refractivity contribution < 1.29 is 14.4 Å². The van der Waals surface area contributed by atoms with Crippen molar-refractivity contribution in [2.45, 2.75) is 41.9 Å². The summed E-state index contributed by atoms with van der Waals surface area (Å²) < 4.78 is 0. The van der Waals surface area contributed by atoms with Crippen LogP contribution in [0.25, 0.3) is 0 Å². The predicted molar refractivity (Wildman–Crippen MR) is 132 cm³/mol. The molecular weight excluding hydrogens is 438 g/mol. The van der Waals surface area contributed by atoms with Gasteiger partial charge in [-0.1, -0.05) is 41.2 Å². The van der Waals surface area contributed by atoms with Crippen LogP contribution in [0.5, 0.6) is 0 Å². The Hall–Kier alpha value is -2.83. The smallest absolute Gasteiger partial charge is 0.318 e. The van der Waals surface area contributed by atoms with E-state index in [0.29, 0.717) is 17.7 Å². The van der Waals surface area contributed by atoms with Gasteiger partial charge in [0, 0.05) is 39.3 Å². The molecule has 0 aliphatic rings. The third-order valence-corrected chi connectivity index (χ3v) is 6.74. The number of rotatable bonds is 9. The Morgan fingerprint density at radius 2 is 1.50 bits per heavy atom. The van der Waals surface area contributed by atoms with Gasteiger partial charge < -0.3 is 4.84 Å². The molecule has 0 N–H and O–H groups in total. The van der Waals surface area contributed by atoms with E-state index in [1.54, 1.807) is 35.7 Å². The maximum Gasteiger partial charge on any atom is 0.331 e. The van der Waals surface area contributed by atoms with Gasteiger partial charge in [-0.25, -0.2) is 4.79 Å². The lowest BCUT2D eigenvalue weighted by molar-refractivity contribution is -0.140. The Labute approximate surface area is 197 Å². The number of ketones is 1. The molecule has 3 rings (SSSR count). The molecule has 0 bridgehead atoms.